The second-order valence-corrected chi connectivity index (χ2v) is 6.58. The van der Waals surface area contributed by atoms with Gasteiger partial charge in [-0.3, -0.25) is 0 Å². The predicted octanol–water partition coefficient (Wildman–Crippen LogP) is 3.23. The van der Waals surface area contributed by atoms with Gasteiger partial charge in [-0.25, -0.2) is 14.8 Å². The number of halogens is 1. The van der Waals surface area contributed by atoms with Gasteiger partial charge in [-0.15, -0.1) is 0 Å². The van der Waals surface area contributed by atoms with Crippen molar-refractivity contribution in [3.63, 3.8) is 0 Å². The Morgan fingerprint density at radius 1 is 1.24 bits per heavy atom. The Morgan fingerprint density at radius 3 is 2.56 bits per heavy atom. The third-order valence-corrected chi connectivity index (χ3v) is 4.50. The average Bonchev–Trinajstić information content (AvgIpc) is 2.62. The number of rotatable bonds is 4. The van der Waals surface area contributed by atoms with E-state index in [1.807, 2.05) is 31.2 Å². The Balaban J connectivity index is 2.10. The first kappa shape index (κ1) is 17.8. The number of hydrogen-bond donors (Lipinski definition) is 0. The van der Waals surface area contributed by atoms with Crippen LogP contribution in [0.5, 0.6) is 0 Å². The van der Waals surface area contributed by atoms with Gasteiger partial charge in [0.25, 0.3) is 0 Å². The van der Waals surface area contributed by atoms with E-state index in [2.05, 4.69) is 25.8 Å². The number of aryl methyl sites for hydroxylation is 1. The van der Waals surface area contributed by atoms with E-state index >= 15 is 0 Å². The summed E-state index contributed by atoms with van der Waals surface area (Å²) in [7, 11) is 0. The second kappa shape index (κ2) is 7.93. The number of carbonyl (C=O) groups excluding carboxylic acids is 1. The predicted molar refractivity (Wildman–Crippen MR) is 98.9 cm³/mol. The van der Waals surface area contributed by atoms with Crippen LogP contribution in [-0.2, 0) is 9.47 Å². The van der Waals surface area contributed by atoms with E-state index in [0.717, 1.165) is 23.1 Å². The van der Waals surface area contributed by atoms with Gasteiger partial charge in [-0.1, -0.05) is 28.1 Å². The van der Waals surface area contributed by atoms with Crippen LogP contribution in [0.4, 0.5) is 5.95 Å². The molecule has 1 aliphatic heterocycles. The molecule has 0 N–H and O–H groups in total. The Bertz CT molecular complexity index is 759. The number of aromatic nitrogens is 2. The molecule has 25 heavy (non-hydrogen) atoms. The number of ether oxygens (including phenoxy) is 2. The molecular formula is C18H20BrN3O3. The van der Waals surface area contributed by atoms with Crippen LogP contribution in [0, 0.1) is 6.92 Å². The van der Waals surface area contributed by atoms with Crippen molar-refractivity contribution >= 4 is 27.8 Å². The van der Waals surface area contributed by atoms with Crippen LogP contribution in [-0.4, -0.2) is 48.8 Å². The molecule has 1 fully saturated rings. The van der Waals surface area contributed by atoms with Gasteiger partial charge in [-0.2, -0.15) is 0 Å². The number of anilines is 1. The minimum atomic E-state index is -0.397. The molecule has 1 aromatic carbocycles. The lowest BCUT2D eigenvalue weighted by atomic mass is 10.0. The summed E-state index contributed by atoms with van der Waals surface area (Å²) in [6.07, 6.45) is 0. The van der Waals surface area contributed by atoms with Crippen LogP contribution in [0.3, 0.4) is 0 Å². The summed E-state index contributed by atoms with van der Waals surface area (Å²) in [5.41, 5.74) is 2.49. The van der Waals surface area contributed by atoms with Crippen LogP contribution in [0.15, 0.2) is 28.7 Å². The van der Waals surface area contributed by atoms with E-state index in [0.29, 0.717) is 42.7 Å². The molecule has 0 saturated carbocycles. The van der Waals surface area contributed by atoms with Crippen molar-refractivity contribution in [3.05, 3.63) is 40.0 Å². The molecule has 0 spiro atoms. The van der Waals surface area contributed by atoms with Gasteiger partial charge in [0.05, 0.1) is 31.2 Å². The van der Waals surface area contributed by atoms with E-state index in [1.54, 1.807) is 6.92 Å². The summed E-state index contributed by atoms with van der Waals surface area (Å²) < 4.78 is 11.6. The average molecular weight is 406 g/mol. The lowest BCUT2D eigenvalue weighted by Crippen LogP contribution is -2.37. The van der Waals surface area contributed by atoms with E-state index < -0.39 is 5.97 Å². The van der Waals surface area contributed by atoms with Crippen LogP contribution in [0.2, 0.25) is 0 Å². The number of esters is 1. The molecule has 0 radical (unpaired) electrons. The van der Waals surface area contributed by atoms with Gasteiger partial charge in [0.15, 0.2) is 0 Å². The zero-order chi connectivity index (χ0) is 17.8. The molecule has 3 rings (SSSR count). The highest BCUT2D eigenvalue weighted by atomic mass is 79.9. The smallest absolute Gasteiger partial charge is 0.342 e. The van der Waals surface area contributed by atoms with Crippen molar-refractivity contribution in [2.45, 2.75) is 13.8 Å². The van der Waals surface area contributed by atoms with E-state index in [-0.39, 0.29) is 0 Å². The third-order valence-electron chi connectivity index (χ3n) is 3.97. The molecule has 1 saturated heterocycles. The van der Waals surface area contributed by atoms with E-state index in [4.69, 9.17) is 14.5 Å². The standard InChI is InChI=1S/C18H20BrN3O3/c1-3-25-17(23)15-12(2)20-18(22-8-10-24-11-9-22)21-16(15)13-4-6-14(19)7-5-13/h4-7H,3,8-11H2,1-2H3. The highest BCUT2D eigenvalue weighted by molar-refractivity contribution is 9.10. The van der Waals surface area contributed by atoms with Gasteiger partial charge in [-0.05, 0) is 26.0 Å². The maximum absolute atomic E-state index is 12.5. The fourth-order valence-corrected chi connectivity index (χ4v) is 2.99. The van der Waals surface area contributed by atoms with Gasteiger partial charge >= 0.3 is 5.97 Å². The molecule has 7 heteroatoms. The molecule has 0 atom stereocenters. The Kier molecular flexibility index (Phi) is 5.65. The number of nitrogens with zero attached hydrogens (tertiary/aromatic N) is 3. The molecular weight excluding hydrogens is 386 g/mol. The van der Waals surface area contributed by atoms with E-state index in [1.165, 1.54) is 0 Å². The summed E-state index contributed by atoms with van der Waals surface area (Å²) in [4.78, 5) is 23.8. The van der Waals surface area contributed by atoms with Crippen molar-refractivity contribution in [2.75, 3.05) is 37.8 Å². The molecule has 2 heterocycles. The molecule has 2 aromatic rings. The molecule has 0 unspecified atom stereocenters. The zero-order valence-electron chi connectivity index (χ0n) is 14.3. The van der Waals surface area contributed by atoms with Crippen molar-refractivity contribution in [1.29, 1.82) is 0 Å². The summed E-state index contributed by atoms with van der Waals surface area (Å²) in [5, 5.41) is 0. The van der Waals surface area contributed by atoms with Crippen LogP contribution in [0.25, 0.3) is 11.3 Å². The number of morpholine rings is 1. The van der Waals surface area contributed by atoms with Gasteiger partial charge < -0.3 is 14.4 Å². The van der Waals surface area contributed by atoms with Gasteiger partial charge in [0, 0.05) is 23.1 Å². The normalized spacial score (nSPS) is 14.4. The summed E-state index contributed by atoms with van der Waals surface area (Å²) in [6.45, 7) is 6.68. The Morgan fingerprint density at radius 2 is 1.92 bits per heavy atom. The van der Waals surface area contributed by atoms with Crippen LogP contribution in [0.1, 0.15) is 23.0 Å². The molecule has 132 valence electrons. The summed E-state index contributed by atoms with van der Waals surface area (Å²) >= 11 is 3.44. The topological polar surface area (TPSA) is 64.5 Å². The monoisotopic (exact) mass is 405 g/mol. The fourth-order valence-electron chi connectivity index (χ4n) is 2.73. The van der Waals surface area contributed by atoms with Crippen molar-refractivity contribution in [3.8, 4) is 11.3 Å². The maximum atomic E-state index is 12.5. The van der Waals surface area contributed by atoms with Crippen molar-refractivity contribution in [1.82, 2.24) is 9.97 Å². The Hall–Kier alpha value is -1.99. The summed E-state index contributed by atoms with van der Waals surface area (Å²) in [5.74, 6) is 0.221. The molecule has 0 bridgehead atoms. The maximum Gasteiger partial charge on any atom is 0.342 e. The highest BCUT2D eigenvalue weighted by Crippen LogP contribution is 2.28. The largest absolute Gasteiger partial charge is 0.462 e. The molecule has 0 amide bonds. The van der Waals surface area contributed by atoms with Gasteiger partial charge in [0.2, 0.25) is 5.95 Å². The van der Waals surface area contributed by atoms with Gasteiger partial charge in [0.1, 0.15) is 5.56 Å². The number of hydrogen-bond acceptors (Lipinski definition) is 6. The SMILES string of the molecule is CCOC(=O)c1c(C)nc(N2CCOCC2)nc1-c1ccc(Br)cc1. The third kappa shape index (κ3) is 3.99. The number of benzene rings is 1. The summed E-state index contributed by atoms with van der Waals surface area (Å²) in [6, 6.07) is 7.71. The zero-order valence-corrected chi connectivity index (χ0v) is 15.9. The fraction of sp³-hybridized carbons (Fsp3) is 0.389. The highest BCUT2D eigenvalue weighted by Gasteiger charge is 2.23. The lowest BCUT2D eigenvalue weighted by molar-refractivity contribution is 0.0525. The first-order valence-electron chi connectivity index (χ1n) is 8.24. The van der Waals surface area contributed by atoms with Crippen molar-refractivity contribution in [2.24, 2.45) is 0 Å². The second-order valence-electron chi connectivity index (χ2n) is 5.66. The van der Waals surface area contributed by atoms with Crippen LogP contribution >= 0.6 is 15.9 Å². The van der Waals surface area contributed by atoms with E-state index in [9.17, 15) is 4.79 Å². The minimum Gasteiger partial charge on any atom is -0.462 e. The first-order valence-corrected chi connectivity index (χ1v) is 9.04. The molecule has 1 aromatic heterocycles. The van der Waals surface area contributed by atoms with Crippen LogP contribution < -0.4 is 4.90 Å². The first-order chi connectivity index (χ1) is 12.1. The molecule has 0 aliphatic carbocycles. The quantitative estimate of drug-likeness (QED) is 0.727. The molecule has 6 nitrogen and oxygen atoms in total. The molecule has 1 aliphatic rings. The Labute approximate surface area is 155 Å². The van der Waals surface area contributed by atoms with Crippen molar-refractivity contribution < 1.29 is 14.3 Å². The minimum absolute atomic E-state index is 0.309. The lowest BCUT2D eigenvalue weighted by Gasteiger charge is -2.27. The number of carbonyl (C=O) groups is 1.